The maximum atomic E-state index is 11.8. The minimum atomic E-state index is -0.515. The van der Waals surface area contributed by atoms with Crippen molar-refractivity contribution in [1.82, 2.24) is 20.3 Å². The van der Waals surface area contributed by atoms with E-state index in [2.05, 4.69) is 20.3 Å². The summed E-state index contributed by atoms with van der Waals surface area (Å²) >= 11 is 1.58. The molecule has 3 aromatic rings. The van der Waals surface area contributed by atoms with Gasteiger partial charge < -0.3 is 10.1 Å². The van der Waals surface area contributed by atoms with Crippen LogP contribution >= 0.6 is 11.3 Å². The van der Waals surface area contributed by atoms with Gasteiger partial charge >= 0.3 is 6.09 Å². The van der Waals surface area contributed by atoms with E-state index in [4.69, 9.17) is 4.74 Å². The molecule has 0 bridgehead atoms. The molecule has 3 rings (SSSR count). The number of aromatic nitrogens is 3. The molecule has 6 nitrogen and oxygen atoms in total. The molecule has 0 fully saturated rings. The first-order chi connectivity index (χ1) is 11.3. The molecule has 0 radical (unpaired) electrons. The van der Waals surface area contributed by atoms with Gasteiger partial charge in [-0.25, -0.2) is 4.79 Å². The molecule has 1 N–H and O–H groups in total. The molecule has 0 aromatic carbocycles. The molecular weight excluding hydrogens is 312 g/mol. The maximum absolute atomic E-state index is 11.8. The van der Waals surface area contributed by atoms with Crippen molar-refractivity contribution in [2.75, 3.05) is 0 Å². The molecule has 0 atom stereocenters. The zero-order chi connectivity index (χ0) is 15.9. The summed E-state index contributed by atoms with van der Waals surface area (Å²) in [6.07, 6.45) is 4.38. The van der Waals surface area contributed by atoms with E-state index >= 15 is 0 Å². The van der Waals surface area contributed by atoms with Crippen molar-refractivity contribution in [2.24, 2.45) is 0 Å². The molecule has 3 heterocycles. The second-order valence-electron chi connectivity index (χ2n) is 4.58. The van der Waals surface area contributed by atoms with Crippen molar-refractivity contribution in [2.45, 2.75) is 13.2 Å². The summed E-state index contributed by atoms with van der Waals surface area (Å²) in [7, 11) is 0. The van der Waals surface area contributed by atoms with Gasteiger partial charge in [0.05, 0.1) is 22.8 Å². The van der Waals surface area contributed by atoms with E-state index < -0.39 is 6.09 Å². The third kappa shape index (κ3) is 4.10. The van der Waals surface area contributed by atoms with E-state index in [9.17, 15) is 4.79 Å². The SMILES string of the molecule is O=C(NCc1nccnc1-c1cccs1)OCc1ccccn1. The summed E-state index contributed by atoms with van der Waals surface area (Å²) in [5.41, 5.74) is 2.17. The van der Waals surface area contributed by atoms with Crippen LogP contribution in [-0.4, -0.2) is 21.0 Å². The van der Waals surface area contributed by atoms with Gasteiger partial charge in [-0.15, -0.1) is 11.3 Å². The Kier molecular flexibility index (Phi) is 4.90. The van der Waals surface area contributed by atoms with E-state index in [1.165, 1.54) is 0 Å². The topological polar surface area (TPSA) is 77.0 Å². The number of nitrogens with one attached hydrogen (secondary N) is 1. The molecule has 0 aliphatic rings. The smallest absolute Gasteiger partial charge is 0.407 e. The highest BCUT2D eigenvalue weighted by atomic mass is 32.1. The van der Waals surface area contributed by atoms with Gasteiger partial charge in [0, 0.05) is 18.6 Å². The van der Waals surface area contributed by atoms with Crippen molar-refractivity contribution >= 4 is 17.4 Å². The summed E-state index contributed by atoms with van der Waals surface area (Å²) in [6.45, 7) is 0.382. The summed E-state index contributed by atoms with van der Waals surface area (Å²) < 4.78 is 5.12. The maximum Gasteiger partial charge on any atom is 0.407 e. The highest BCUT2D eigenvalue weighted by Gasteiger charge is 2.10. The van der Waals surface area contributed by atoms with Crippen molar-refractivity contribution in [1.29, 1.82) is 0 Å². The summed E-state index contributed by atoms with van der Waals surface area (Å²) in [5, 5.41) is 4.66. The van der Waals surface area contributed by atoms with Gasteiger partial charge in [0.25, 0.3) is 0 Å². The second kappa shape index (κ2) is 7.46. The lowest BCUT2D eigenvalue weighted by atomic mass is 10.2. The largest absolute Gasteiger partial charge is 0.443 e. The Labute approximate surface area is 137 Å². The number of hydrogen-bond acceptors (Lipinski definition) is 6. The number of rotatable bonds is 5. The zero-order valence-corrected chi connectivity index (χ0v) is 13.0. The number of nitrogens with zero attached hydrogens (tertiary/aromatic N) is 3. The number of alkyl carbamates (subject to hydrolysis) is 1. The van der Waals surface area contributed by atoms with Crippen molar-refractivity contribution in [3.05, 3.63) is 65.7 Å². The van der Waals surface area contributed by atoms with E-state index in [1.54, 1.807) is 36.0 Å². The number of amides is 1. The lowest BCUT2D eigenvalue weighted by molar-refractivity contribution is 0.137. The Morgan fingerprint density at radius 1 is 1.09 bits per heavy atom. The van der Waals surface area contributed by atoms with Gasteiger partial charge in [0.15, 0.2) is 0 Å². The number of thiophene rings is 1. The number of carbonyl (C=O) groups excluding carboxylic acids is 1. The van der Waals surface area contributed by atoms with Crippen LogP contribution in [-0.2, 0) is 17.9 Å². The number of carbonyl (C=O) groups is 1. The summed E-state index contributed by atoms with van der Waals surface area (Å²) in [4.78, 5) is 25.5. The first-order valence-corrected chi connectivity index (χ1v) is 7.85. The fraction of sp³-hybridized carbons (Fsp3) is 0.125. The van der Waals surface area contributed by atoms with Crippen LogP contribution in [0.15, 0.2) is 54.3 Å². The monoisotopic (exact) mass is 326 g/mol. The average molecular weight is 326 g/mol. The van der Waals surface area contributed by atoms with Crippen LogP contribution in [0.5, 0.6) is 0 Å². The van der Waals surface area contributed by atoms with E-state index in [0.717, 1.165) is 10.6 Å². The normalized spacial score (nSPS) is 10.3. The molecule has 0 spiro atoms. The number of pyridine rings is 1. The third-order valence-electron chi connectivity index (χ3n) is 3.01. The molecule has 0 aliphatic carbocycles. The van der Waals surface area contributed by atoms with Gasteiger partial charge in [-0.2, -0.15) is 0 Å². The fourth-order valence-corrected chi connectivity index (χ4v) is 2.69. The van der Waals surface area contributed by atoms with Crippen LogP contribution in [0.2, 0.25) is 0 Å². The Bertz CT molecular complexity index is 763. The van der Waals surface area contributed by atoms with E-state index in [-0.39, 0.29) is 13.2 Å². The molecule has 7 heteroatoms. The van der Waals surface area contributed by atoms with Gasteiger partial charge in [-0.05, 0) is 23.6 Å². The Hall–Kier alpha value is -2.80. The van der Waals surface area contributed by atoms with Gasteiger partial charge in [-0.3, -0.25) is 15.0 Å². The Balaban J connectivity index is 1.57. The standard InChI is InChI=1S/C16H14N4O2S/c21-16(22-11-12-4-1-2-6-17-12)20-10-13-15(19-8-7-18-13)14-5-3-9-23-14/h1-9H,10-11H2,(H,20,21). The number of ether oxygens (including phenoxy) is 1. The summed E-state index contributed by atoms with van der Waals surface area (Å²) in [6, 6.07) is 9.37. The molecule has 3 aromatic heterocycles. The first kappa shape index (κ1) is 15.1. The fourth-order valence-electron chi connectivity index (χ4n) is 1.95. The lowest BCUT2D eigenvalue weighted by Crippen LogP contribution is -2.24. The number of hydrogen-bond donors (Lipinski definition) is 1. The van der Waals surface area contributed by atoms with Crippen LogP contribution < -0.4 is 5.32 Å². The third-order valence-corrected chi connectivity index (χ3v) is 3.88. The van der Waals surface area contributed by atoms with E-state index in [0.29, 0.717) is 11.4 Å². The zero-order valence-electron chi connectivity index (χ0n) is 12.2. The minimum Gasteiger partial charge on any atom is -0.443 e. The molecule has 23 heavy (non-hydrogen) atoms. The molecule has 0 unspecified atom stereocenters. The molecular formula is C16H14N4O2S. The molecule has 0 saturated heterocycles. The lowest BCUT2D eigenvalue weighted by Gasteiger charge is -2.08. The predicted octanol–water partition coefficient (Wildman–Crippen LogP) is 3.03. The molecule has 0 aliphatic heterocycles. The van der Waals surface area contributed by atoms with Gasteiger partial charge in [-0.1, -0.05) is 12.1 Å². The quantitative estimate of drug-likeness (QED) is 0.780. The van der Waals surface area contributed by atoms with Crippen LogP contribution in [0.3, 0.4) is 0 Å². The predicted molar refractivity (Wildman–Crippen MR) is 86.6 cm³/mol. The first-order valence-electron chi connectivity index (χ1n) is 6.97. The van der Waals surface area contributed by atoms with Crippen LogP contribution in [0, 0.1) is 0 Å². The van der Waals surface area contributed by atoms with Crippen LogP contribution in [0.4, 0.5) is 4.79 Å². The highest BCUT2D eigenvalue weighted by Crippen LogP contribution is 2.24. The van der Waals surface area contributed by atoms with Crippen molar-refractivity contribution in [3.8, 4) is 10.6 Å². The highest BCUT2D eigenvalue weighted by molar-refractivity contribution is 7.13. The second-order valence-corrected chi connectivity index (χ2v) is 5.53. The summed E-state index contributed by atoms with van der Waals surface area (Å²) in [5.74, 6) is 0. The van der Waals surface area contributed by atoms with Crippen molar-refractivity contribution < 1.29 is 9.53 Å². The minimum absolute atomic E-state index is 0.130. The van der Waals surface area contributed by atoms with Gasteiger partial charge in [0.1, 0.15) is 12.3 Å². The van der Waals surface area contributed by atoms with Crippen molar-refractivity contribution in [3.63, 3.8) is 0 Å². The van der Waals surface area contributed by atoms with E-state index in [1.807, 2.05) is 29.6 Å². The average Bonchev–Trinajstić information content (AvgIpc) is 3.14. The van der Waals surface area contributed by atoms with Gasteiger partial charge in [0.2, 0.25) is 0 Å². The van der Waals surface area contributed by atoms with Crippen LogP contribution in [0.1, 0.15) is 11.4 Å². The van der Waals surface area contributed by atoms with Crippen LogP contribution in [0.25, 0.3) is 10.6 Å². The molecule has 116 valence electrons. The Morgan fingerprint density at radius 2 is 2.00 bits per heavy atom. The molecule has 1 amide bonds. The molecule has 0 saturated carbocycles. The Morgan fingerprint density at radius 3 is 2.78 bits per heavy atom.